The van der Waals surface area contributed by atoms with Crippen LogP contribution in [-0.4, -0.2) is 11.4 Å². The molecule has 0 saturated heterocycles. The molecule has 3 N–H and O–H groups in total. The van der Waals surface area contributed by atoms with E-state index in [4.69, 9.17) is 5.73 Å². The van der Waals surface area contributed by atoms with E-state index < -0.39 is 11.4 Å². The van der Waals surface area contributed by atoms with Crippen molar-refractivity contribution in [2.24, 2.45) is 5.73 Å². The molecule has 19 heavy (non-hydrogen) atoms. The van der Waals surface area contributed by atoms with E-state index in [0.29, 0.717) is 17.3 Å². The number of anilines is 1. The fourth-order valence-corrected chi connectivity index (χ4v) is 2.61. The highest BCUT2D eigenvalue weighted by atomic mass is 79.9. The van der Waals surface area contributed by atoms with Crippen molar-refractivity contribution in [1.29, 1.82) is 0 Å². The Kier molecular flexibility index (Phi) is 5.77. The molecule has 0 bridgehead atoms. The van der Waals surface area contributed by atoms with Gasteiger partial charge in [0, 0.05) is 4.47 Å². The minimum absolute atomic E-state index is 0. The quantitative estimate of drug-likeness (QED) is 0.855. The van der Waals surface area contributed by atoms with E-state index in [-0.39, 0.29) is 24.0 Å². The van der Waals surface area contributed by atoms with Gasteiger partial charge in [-0.05, 0) is 31.0 Å². The maximum absolute atomic E-state index is 13.5. The highest BCUT2D eigenvalue weighted by Crippen LogP contribution is 2.28. The van der Waals surface area contributed by atoms with Crippen LogP contribution < -0.4 is 11.1 Å². The zero-order valence-electron chi connectivity index (χ0n) is 10.4. The number of carbonyl (C=O) groups excluding carboxylic acids is 1. The lowest BCUT2D eigenvalue weighted by molar-refractivity contribution is -0.122. The van der Waals surface area contributed by atoms with Crippen LogP contribution in [0.5, 0.6) is 0 Å². The van der Waals surface area contributed by atoms with Gasteiger partial charge in [-0.2, -0.15) is 0 Å². The van der Waals surface area contributed by atoms with Crippen molar-refractivity contribution in [3.63, 3.8) is 0 Å². The van der Waals surface area contributed by atoms with Crippen LogP contribution >= 0.6 is 28.3 Å². The van der Waals surface area contributed by atoms with Crippen LogP contribution in [0, 0.1) is 5.82 Å². The van der Waals surface area contributed by atoms with Crippen LogP contribution in [-0.2, 0) is 4.79 Å². The SMILES string of the molecule is Cl.NC1(C(=O)Nc2cc(Br)ccc2F)CCCCC1. The Morgan fingerprint density at radius 3 is 2.58 bits per heavy atom. The van der Waals surface area contributed by atoms with Crippen LogP contribution in [0.15, 0.2) is 22.7 Å². The molecule has 106 valence electrons. The predicted molar refractivity (Wildman–Crippen MR) is 80.0 cm³/mol. The molecule has 1 aromatic carbocycles. The number of nitrogens with one attached hydrogen (secondary N) is 1. The Morgan fingerprint density at radius 1 is 1.32 bits per heavy atom. The van der Waals surface area contributed by atoms with Crippen molar-refractivity contribution in [2.75, 3.05) is 5.32 Å². The van der Waals surface area contributed by atoms with Gasteiger partial charge in [0.1, 0.15) is 5.82 Å². The fraction of sp³-hybridized carbons (Fsp3) is 0.462. The lowest BCUT2D eigenvalue weighted by Gasteiger charge is -2.31. The summed E-state index contributed by atoms with van der Waals surface area (Å²) < 4.78 is 14.3. The van der Waals surface area contributed by atoms with Gasteiger partial charge in [0.2, 0.25) is 5.91 Å². The Labute approximate surface area is 126 Å². The van der Waals surface area contributed by atoms with Gasteiger partial charge in [0.05, 0.1) is 11.2 Å². The van der Waals surface area contributed by atoms with Crippen LogP contribution in [0.3, 0.4) is 0 Å². The molecule has 0 unspecified atom stereocenters. The topological polar surface area (TPSA) is 55.1 Å². The van der Waals surface area contributed by atoms with Gasteiger partial charge in [-0.3, -0.25) is 4.79 Å². The summed E-state index contributed by atoms with van der Waals surface area (Å²) in [5, 5.41) is 2.59. The van der Waals surface area contributed by atoms with E-state index in [9.17, 15) is 9.18 Å². The van der Waals surface area contributed by atoms with Crippen molar-refractivity contribution >= 4 is 39.9 Å². The third-order valence-corrected chi connectivity index (χ3v) is 3.87. The minimum atomic E-state index is -0.854. The smallest absolute Gasteiger partial charge is 0.244 e. The van der Waals surface area contributed by atoms with Crippen LogP contribution in [0.2, 0.25) is 0 Å². The van der Waals surface area contributed by atoms with E-state index in [0.717, 1.165) is 19.3 Å². The standard InChI is InChI=1S/C13H16BrFN2O.ClH/c14-9-4-5-10(15)11(8-9)17-12(18)13(16)6-2-1-3-7-13;/h4-5,8H,1-3,6-7,16H2,(H,17,18);1H. The van der Waals surface area contributed by atoms with Gasteiger partial charge >= 0.3 is 0 Å². The van der Waals surface area contributed by atoms with Gasteiger partial charge in [-0.1, -0.05) is 35.2 Å². The maximum atomic E-state index is 13.5. The first-order valence-electron chi connectivity index (χ1n) is 6.07. The highest BCUT2D eigenvalue weighted by Gasteiger charge is 2.35. The summed E-state index contributed by atoms with van der Waals surface area (Å²) >= 11 is 3.25. The fourth-order valence-electron chi connectivity index (χ4n) is 2.25. The average molecular weight is 352 g/mol. The van der Waals surface area contributed by atoms with Gasteiger partial charge in [-0.15, -0.1) is 12.4 Å². The summed E-state index contributed by atoms with van der Waals surface area (Å²) in [5.41, 5.74) is 5.41. The molecule has 6 heteroatoms. The van der Waals surface area contributed by atoms with E-state index in [2.05, 4.69) is 21.2 Å². The molecule has 1 aromatic rings. The van der Waals surface area contributed by atoms with Gasteiger partial charge in [0.25, 0.3) is 0 Å². The number of hydrogen-bond donors (Lipinski definition) is 2. The molecule has 0 aromatic heterocycles. The van der Waals surface area contributed by atoms with Gasteiger partial charge in [-0.25, -0.2) is 4.39 Å². The Morgan fingerprint density at radius 2 is 1.95 bits per heavy atom. The molecule has 1 aliphatic rings. The monoisotopic (exact) mass is 350 g/mol. The van der Waals surface area contributed by atoms with Crippen molar-refractivity contribution in [3.05, 3.63) is 28.5 Å². The minimum Gasteiger partial charge on any atom is -0.322 e. The Balaban J connectivity index is 0.00000180. The third-order valence-electron chi connectivity index (χ3n) is 3.37. The molecule has 0 aliphatic heterocycles. The van der Waals surface area contributed by atoms with Crippen molar-refractivity contribution in [1.82, 2.24) is 0 Å². The van der Waals surface area contributed by atoms with Crippen LogP contribution in [0.25, 0.3) is 0 Å². The second kappa shape index (κ2) is 6.68. The molecule has 1 saturated carbocycles. The first-order chi connectivity index (χ1) is 8.51. The third kappa shape index (κ3) is 3.91. The normalized spacial score (nSPS) is 17.4. The maximum Gasteiger partial charge on any atom is 0.244 e. The first-order valence-corrected chi connectivity index (χ1v) is 6.86. The second-order valence-corrected chi connectivity index (χ2v) is 5.71. The molecule has 0 spiro atoms. The molecule has 3 nitrogen and oxygen atoms in total. The molecule has 1 amide bonds. The lowest BCUT2D eigenvalue weighted by Crippen LogP contribution is -2.52. The van der Waals surface area contributed by atoms with Crippen molar-refractivity contribution in [3.8, 4) is 0 Å². The number of nitrogens with two attached hydrogens (primary N) is 1. The second-order valence-electron chi connectivity index (χ2n) is 4.80. The molecular formula is C13H17BrClFN2O. The summed E-state index contributed by atoms with van der Waals surface area (Å²) in [7, 11) is 0. The summed E-state index contributed by atoms with van der Waals surface area (Å²) in [5.74, 6) is -0.745. The van der Waals surface area contributed by atoms with Crippen LogP contribution in [0.4, 0.5) is 10.1 Å². The number of halogens is 3. The molecular weight excluding hydrogens is 335 g/mol. The Hall–Kier alpha value is -0.650. The summed E-state index contributed by atoms with van der Waals surface area (Å²) in [6, 6.07) is 4.44. The molecule has 1 aliphatic carbocycles. The molecule has 2 rings (SSSR count). The lowest BCUT2D eigenvalue weighted by atomic mass is 9.82. The number of benzene rings is 1. The summed E-state index contributed by atoms with van der Waals surface area (Å²) in [6.07, 6.45) is 4.33. The van der Waals surface area contributed by atoms with Gasteiger partial charge < -0.3 is 11.1 Å². The largest absolute Gasteiger partial charge is 0.322 e. The van der Waals surface area contributed by atoms with Gasteiger partial charge in [0.15, 0.2) is 0 Å². The Bertz CT molecular complexity index is 464. The van der Waals surface area contributed by atoms with Crippen LogP contribution in [0.1, 0.15) is 32.1 Å². The zero-order valence-corrected chi connectivity index (χ0v) is 12.8. The summed E-state index contributed by atoms with van der Waals surface area (Å²) in [6.45, 7) is 0. The summed E-state index contributed by atoms with van der Waals surface area (Å²) in [4.78, 5) is 12.1. The zero-order chi connectivity index (χ0) is 13.2. The average Bonchev–Trinajstić information content (AvgIpc) is 2.35. The van der Waals surface area contributed by atoms with E-state index in [1.54, 1.807) is 12.1 Å². The number of amides is 1. The molecule has 0 heterocycles. The van der Waals surface area contributed by atoms with E-state index in [1.807, 2.05) is 0 Å². The van der Waals surface area contributed by atoms with Crippen molar-refractivity contribution < 1.29 is 9.18 Å². The van der Waals surface area contributed by atoms with Crippen molar-refractivity contribution in [2.45, 2.75) is 37.6 Å². The number of hydrogen-bond acceptors (Lipinski definition) is 2. The highest BCUT2D eigenvalue weighted by molar-refractivity contribution is 9.10. The van der Waals surface area contributed by atoms with E-state index >= 15 is 0 Å². The molecule has 1 fully saturated rings. The van der Waals surface area contributed by atoms with E-state index in [1.165, 1.54) is 6.07 Å². The molecule has 0 radical (unpaired) electrons. The number of rotatable bonds is 2. The number of carbonyl (C=O) groups is 1. The molecule has 0 atom stereocenters. The first kappa shape index (κ1) is 16.4. The predicted octanol–water partition coefficient (Wildman–Crippen LogP) is 3.61.